The zero-order valence-electron chi connectivity index (χ0n) is 14.4. The fraction of sp³-hybridized carbons (Fsp3) is 0.850. The van der Waals surface area contributed by atoms with Crippen molar-refractivity contribution in [2.24, 2.45) is 29.1 Å². The number of carbonyl (C=O) groups excluding carboxylic acids is 1. The molecule has 23 heavy (non-hydrogen) atoms. The Balaban J connectivity index is 1.75. The number of Topliss-reactive ketones (excluding diaryl/α,β-unsaturated/α-hetero) is 1. The molecule has 0 aliphatic heterocycles. The maximum Gasteiger partial charge on any atom is 0.142 e. The van der Waals surface area contributed by atoms with E-state index in [0.29, 0.717) is 12.2 Å². The average Bonchev–Trinajstić information content (AvgIpc) is 2.60. The van der Waals surface area contributed by atoms with Crippen LogP contribution in [0.25, 0.3) is 0 Å². The van der Waals surface area contributed by atoms with Gasteiger partial charge in [-0.05, 0) is 43.9 Å². The zero-order chi connectivity index (χ0) is 16.6. The molecule has 0 saturated heterocycles. The van der Waals surface area contributed by atoms with Gasteiger partial charge in [0.25, 0.3) is 0 Å². The van der Waals surface area contributed by atoms with Crippen molar-refractivity contribution in [1.82, 2.24) is 0 Å². The van der Waals surface area contributed by atoms with Crippen LogP contribution in [0, 0.1) is 40.9 Å². The molecule has 3 nitrogen and oxygen atoms in total. The molecule has 3 saturated carbocycles. The van der Waals surface area contributed by atoms with Crippen molar-refractivity contribution >= 4 is 5.78 Å². The van der Waals surface area contributed by atoms with E-state index < -0.39 is 12.2 Å². The highest BCUT2D eigenvalue weighted by Gasteiger charge is 2.63. The highest BCUT2D eigenvalue weighted by molar-refractivity contribution is 5.94. The molecule has 0 bridgehead atoms. The van der Waals surface area contributed by atoms with E-state index in [1.807, 2.05) is 6.92 Å². The lowest BCUT2D eigenvalue weighted by molar-refractivity contribution is -0.173. The zero-order valence-corrected chi connectivity index (χ0v) is 14.4. The Morgan fingerprint density at radius 1 is 1.26 bits per heavy atom. The summed E-state index contributed by atoms with van der Waals surface area (Å²) in [5.41, 5.74) is -0.256. The largest absolute Gasteiger partial charge is 0.392 e. The number of hydrogen-bond acceptors (Lipinski definition) is 3. The number of ketones is 1. The van der Waals surface area contributed by atoms with Gasteiger partial charge in [-0.25, -0.2) is 0 Å². The normalized spacial score (nSPS) is 42.2. The molecule has 0 radical (unpaired) electrons. The predicted octanol–water partition coefficient (Wildman–Crippen LogP) is 2.93. The van der Waals surface area contributed by atoms with Crippen molar-refractivity contribution in [1.29, 1.82) is 0 Å². The lowest BCUT2D eigenvalue weighted by Gasteiger charge is -2.58. The lowest BCUT2D eigenvalue weighted by atomic mass is 9.44. The predicted molar refractivity (Wildman–Crippen MR) is 89.5 cm³/mol. The Bertz CT molecular complexity index is 511. The molecule has 3 heteroatoms. The molecule has 6 atom stereocenters. The van der Waals surface area contributed by atoms with Gasteiger partial charge in [0.15, 0.2) is 0 Å². The van der Waals surface area contributed by atoms with Crippen LogP contribution in [0.2, 0.25) is 0 Å². The quantitative estimate of drug-likeness (QED) is 0.770. The van der Waals surface area contributed by atoms with E-state index in [4.69, 9.17) is 0 Å². The molecule has 0 aromatic heterocycles. The summed E-state index contributed by atoms with van der Waals surface area (Å²) in [6.45, 7) is 4.06. The third-order valence-corrected chi connectivity index (χ3v) is 6.89. The number of hydrogen-bond donors (Lipinski definition) is 2. The van der Waals surface area contributed by atoms with E-state index in [1.54, 1.807) is 0 Å². The van der Waals surface area contributed by atoms with Gasteiger partial charge in [-0.1, -0.05) is 45.0 Å². The molecule has 0 aromatic carbocycles. The van der Waals surface area contributed by atoms with Gasteiger partial charge in [0.05, 0.1) is 12.0 Å². The fourth-order valence-corrected chi connectivity index (χ4v) is 5.45. The van der Waals surface area contributed by atoms with Crippen LogP contribution in [-0.4, -0.2) is 28.2 Å². The first kappa shape index (κ1) is 17.0. The van der Waals surface area contributed by atoms with Crippen LogP contribution in [0.3, 0.4) is 0 Å². The molecule has 3 aliphatic rings. The van der Waals surface area contributed by atoms with Crippen molar-refractivity contribution < 1.29 is 15.0 Å². The van der Waals surface area contributed by atoms with Gasteiger partial charge < -0.3 is 10.2 Å². The molecule has 0 spiro atoms. The fourth-order valence-electron chi connectivity index (χ4n) is 5.45. The Labute approximate surface area is 139 Å². The highest BCUT2D eigenvalue weighted by Crippen LogP contribution is 2.59. The minimum absolute atomic E-state index is 0.00368. The first-order chi connectivity index (χ1) is 11.0. The molecule has 1 unspecified atom stereocenters. The Hall–Kier alpha value is -0.850. The molecule has 0 amide bonds. The third kappa shape index (κ3) is 2.75. The molecule has 0 aromatic rings. The summed E-state index contributed by atoms with van der Waals surface area (Å²) in [5, 5.41) is 20.8. The monoisotopic (exact) mass is 318 g/mol. The molecule has 3 rings (SSSR count). The van der Waals surface area contributed by atoms with Gasteiger partial charge in [-0.2, -0.15) is 0 Å². The lowest BCUT2D eigenvalue weighted by Crippen LogP contribution is -2.63. The summed E-state index contributed by atoms with van der Waals surface area (Å²) in [6.07, 6.45) is 7.00. The summed E-state index contributed by atoms with van der Waals surface area (Å²) in [5.74, 6) is 6.90. The van der Waals surface area contributed by atoms with Crippen molar-refractivity contribution in [3.8, 4) is 11.8 Å². The van der Waals surface area contributed by atoms with Crippen LogP contribution in [0.4, 0.5) is 0 Å². The minimum Gasteiger partial charge on any atom is -0.392 e. The standard InChI is InChI=1S/C20H30O3/c1-3-20-12-11-17(22)15(18(20)13(2)19(20)23)9-10-16(21)14-7-5-4-6-8-14/h13-18,21-22H,3-8,11-12H2,1-2H3/t13?,15-,16-,17+,18+,20-/m1/s1. The Kier molecular flexibility index (Phi) is 4.85. The van der Waals surface area contributed by atoms with Gasteiger partial charge in [0.1, 0.15) is 11.9 Å². The summed E-state index contributed by atoms with van der Waals surface area (Å²) < 4.78 is 0. The van der Waals surface area contributed by atoms with E-state index in [9.17, 15) is 15.0 Å². The van der Waals surface area contributed by atoms with Crippen LogP contribution < -0.4 is 0 Å². The first-order valence-electron chi connectivity index (χ1n) is 9.42. The maximum atomic E-state index is 12.4. The van der Waals surface area contributed by atoms with E-state index in [0.717, 1.165) is 25.7 Å². The van der Waals surface area contributed by atoms with Gasteiger partial charge in [-0.15, -0.1) is 0 Å². The van der Waals surface area contributed by atoms with Crippen LogP contribution in [-0.2, 0) is 4.79 Å². The van der Waals surface area contributed by atoms with E-state index >= 15 is 0 Å². The van der Waals surface area contributed by atoms with Crippen LogP contribution in [0.1, 0.15) is 65.2 Å². The van der Waals surface area contributed by atoms with Crippen molar-refractivity contribution in [3.63, 3.8) is 0 Å². The molecule has 3 fully saturated rings. The maximum absolute atomic E-state index is 12.4. The van der Waals surface area contributed by atoms with E-state index in [1.165, 1.54) is 19.3 Å². The molecule has 0 heterocycles. The highest BCUT2D eigenvalue weighted by atomic mass is 16.3. The SMILES string of the molecule is CC[C@@]12CC[C@H](O)[C@@H](C#C[C@@H](O)C3CCCCC3)[C@@H]1C(C)C2=O. The molecule has 2 N–H and O–H groups in total. The van der Waals surface area contributed by atoms with Crippen molar-refractivity contribution in [3.05, 3.63) is 0 Å². The van der Waals surface area contributed by atoms with Crippen LogP contribution in [0.5, 0.6) is 0 Å². The molecule has 128 valence electrons. The number of aliphatic hydroxyl groups excluding tert-OH is 2. The van der Waals surface area contributed by atoms with Crippen LogP contribution >= 0.6 is 0 Å². The molecule has 3 aliphatic carbocycles. The van der Waals surface area contributed by atoms with E-state index in [-0.39, 0.29) is 29.1 Å². The van der Waals surface area contributed by atoms with Gasteiger partial charge in [0, 0.05) is 11.3 Å². The second-order valence-electron chi connectivity index (χ2n) is 7.95. The average molecular weight is 318 g/mol. The van der Waals surface area contributed by atoms with Gasteiger partial charge in [0.2, 0.25) is 0 Å². The minimum atomic E-state index is -0.577. The smallest absolute Gasteiger partial charge is 0.142 e. The van der Waals surface area contributed by atoms with Gasteiger partial charge in [-0.3, -0.25) is 4.79 Å². The van der Waals surface area contributed by atoms with Crippen LogP contribution in [0.15, 0.2) is 0 Å². The topological polar surface area (TPSA) is 57.5 Å². The summed E-state index contributed by atoms with van der Waals surface area (Å²) >= 11 is 0. The first-order valence-corrected chi connectivity index (χ1v) is 9.42. The summed E-state index contributed by atoms with van der Waals surface area (Å²) in [6, 6.07) is 0. The number of rotatable bonds is 2. The number of aliphatic hydroxyl groups is 2. The van der Waals surface area contributed by atoms with Crippen molar-refractivity contribution in [2.45, 2.75) is 77.4 Å². The Morgan fingerprint density at radius 3 is 2.61 bits per heavy atom. The second-order valence-corrected chi connectivity index (χ2v) is 7.95. The van der Waals surface area contributed by atoms with Gasteiger partial charge >= 0.3 is 0 Å². The summed E-state index contributed by atoms with van der Waals surface area (Å²) in [7, 11) is 0. The Morgan fingerprint density at radius 2 is 1.96 bits per heavy atom. The molecular weight excluding hydrogens is 288 g/mol. The molecular formula is C20H30O3. The third-order valence-electron chi connectivity index (χ3n) is 6.89. The number of fused-ring (bicyclic) bond motifs is 1. The second kappa shape index (κ2) is 6.57. The number of carbonyl (C=O) groups is 1. The summed E-state index contributed by atoms with van der Waals surface area (Å²) in [4.78, 5) is 12.4. The van der Waals surface area contributed by atoms with Crippen molar-refractivity contribution in [2.75, 3.05) is 0 Å². The van der Waals surface area contributed by atoms with E-state index in [2.05, 4.69) is 18.8 Å².